The quantitative estimate of drug-likeness (QED) is 0.258. The molecular formula is C25H19F5N4O3. The molecule has 12 heteroatoms. The summed E-state index contributed by atoms with van der Waals surface area (Å²) in [6.45, 7) is 1.90. The van der Waals surface area contributed by atoms with Crippen LogP contribution in [0.4, 0.5) is 33.5 Å². The van der Waals surface area contributed by atoms with Crippen LogP contribution in [-0.2, 0) is 6.18 Å². The van der Waals surface area contributed by atoms with E-state index in [1.54, 1.807) is 0 Å². The van der Waals surface area contributed by atoms with Gasteiger partial charge in [-0.25, -0.2) is 18.3 Å². The number of alkyl halides is 5. The van der Waals surface area contributed by atoms with E-state index < -0.39 is 47.2 Å². The summed E-state index contributed by atoms with van der Waals surface area (Å²) in [7, 11) is 0. The fraction of sp³-hybridized carbons (Fsp3) is 0.240. The first-order valence-corrected chi connectivity index (χ1v) is 11.2. The highest BCUT2D eigenvalue weighted by Crippen LogP contribution is 2.40. The summed E-state index contributed by atoms with van der Waals surface area (Å²) in [5.41, 5.74) is -0.996. The number of nitrogens with one attached hydrogen (secondary N) is 2. The Kier molecular flexibility index (Phi) is 5.97. The van der Waals surface area contributed by atoms with Crippen LogP contribution in [0.15, 0.2) is 63.9 Å². The van der Waals surface area contributed by atoms with Gasteiger partial charge in [-0.15, -0.1) is 0 Å². The number of rotatable bonds is 4. The maximum atomic E-state index is 13.9. The number of halogens is 5. The van der Waals surface area contributed by atoms with Crippen molar-refractivity contribution in [3.05, 3.63) is 87.4 Å². The molecule has 5 rings (SSSR count). The maximum absolute atomic E-state index is 13.9. The van der Waals surface area contributed by atoms with E-state index >= 15 is 0 Å². The van der Waals surface area contributed by atoms with E-state index in [0.717, 1.165) is 34.1 Å². The third-order valence-electron chi connectivity index (χ3n) is 6.22. The van der Waals surface area contributed by atoms with Gasteiger partial charge in [0, 0.05) is 17.1 Å². The zero-order valence-electron chi connectivity index (χ0n) is 19.1. The van der Waals surface area contributed by atoms with Gasteiger partial charge in [-0.3, -0.25) is 4.79 Å². The van der Waals surface area contributed by atoms with Crippen LogP contribution >= 0.6 is 0 Å². The smallest absolute Gasteiger partial charge is 0.417 e. The van der Waals surface area contributed by atoms with Gasteiger partial charge in [-0.05, 0) is 37.1 Å². The number of benzene rings is 2. The Balaban J connectivity index is 1.48. The van der Waals surface area contributed by atoms with E-state index in [4.69, 9.17) is 4.42 Å². The molecule has 2 aromatic carbocycles. The highest BCUT2D eigenvalue weighted by atomic mass is 19.4. The van der Waals surface area contributed by atoms with Crippen molar-refractivity contribution in [3.63, 3.8) is 0 Å². The summed E-state index contributed by atoms with van der Waals surface area (Å²) >= 11 is 0. The van der Waals surface area contributed by atoms with Crippen LogP contribution in [0.25, 0.3) is 11.0 Å². The molecule has 0 bridgehead atoms. The summed E-state index contributed by atoms with van der Waals surface area (Å²) in [5.74, 6) is -0.695. The Labute approximate surface area is 205 Å². The summed E-state index contributed by atoms with van der Waals surface area (Å²) in [6, 6.07) is 9.28. The van der Waals surface area contributed by atoms with E-state index in [1.807, 2.05) is 31.2 Å². The van der Waals surface area contributed by atoms with Gasteiger partial charge < -0.3 is 15.1 Å². The minimum absolute atomic E-state index is 0.0203. The lowest BCUT2D eigenvalue weighted by atomic mass is 9.96. The lowest BCUT2D eigenvalue weighted by Crippen LogP contribution is -2.31. The molecule has 2 atom stereocenters. The molecule has 37 heavy (non-hydrogen) atoms. The van der Waals surface area contributed by atoms with Gasteiger partial charge in [0.1, 0.15) is 23.0 Å². The average molecular weight is 518 g/mol. The van der Waals surface area contributed by atoms with E-state index in [1.165, 1.54) is 6.07 Å². The normalized spacial score (nSPS) is 17.5. The van der Waals surface area contributed by atoms with Gasteiger partial charge in [0.2, 0.25) is 0 Å². The van der Waals surface area contributed by atoms with E-state index in [-0.39, 0.29) is 29.1 Å². The van der Waals surface area contributed by atoms with Crippen LogP contribution in [-0.4, -0.2) is 22.1 Å². The molecule has 4 aromatic rings. The Morgan fingerprint density at radius 2 is 1.89 bits per heavy atom. The van der Waals surface area contributed by atoms with E-state index in [0.29, 0.717) is 6.07 Å². The predicted octanol–water partition coefficient (Wildman–Crippen LogP) is 5.93. The lowest BCUT2D eigenvalue weighted by molar-refractivity contribution is -0.136. The predicted molar refractivity (Wildman–Crippen MR) is 125 cm³/mol. The Hall–Kier alpha value is -4.22. The van der Waals surface area contributed by atoms with Crippen molar-refractivity contribution in [2.24, 2.45) is 0 Å². The van der Waals surface area contributed by atoms with Crippen LogP contribution in [0.5, 0.6) is 0 Å². The standard InChI is InChI=1S/C25H19F5N4O3/c1-12-2-4-13(5-3-12)18-10-19(22(26)27)34-23(33-18)16(11-31-34)24(36)32-14-6-7-20-15(8-14)17(25(28,29)30)9-21(35)37-20/h2-9,11,18-19,22,33H,10H2,1H3,(H,32,36)/t18-,19+/m0/s1. The molecule has 0 fully saturated rings. The molecule has 2 N–H and O–H groups in total. The minimum Gasteiger partial charge on any atom is -0.423 e. The van der Waals surface area contributed by atoms with Crippen LogP contribution in [0.1, 0.15) is 45.6 Å². The Bertz CT molecular complexity index is 1540. The molecule has 7 nitrogen and oxygen atoms in total. The number of hydrogen-bond donors (Lipinski definition) is 2. The molecule has 0 saturated carbocycles. The molecular weight excluding hydrogens is 499 g/mol. The van der Waals surface area contributed by atoms with Crippen LogP contribution in [0, 0.1) is 6.92 Å². The van der Waals surface area contributed by atoms with Gasteiger partial charge >= 0.3 is 11.8 Å². The highest BCUT2D eigenvalue weighted by molar-refractivity contribution is 6.08. The SMILES string of the molecule is Cc1ccc([C@@H]2C[C@H](C(F)F)n3ncc(C(=O)Nc4ccc5oc(=O)cc(C(F)(F)F)c5c4)c3N2)cc1. The molecule has 0 spiro atoms. The topological polar surface area (TPSA) is 89.2 Å². The number of carbonyl (C=O) groups is 1. The lowest BCUT2D eigenvalue weighted by Gasteiger charge is -2.32. The van der Waals surface area contributed by atoms with Crippen molar-refractivity contribution in [2.45, 2.75) is 38.0 Å². The van der Waals surface area contributed by atoms with Gasteiger partial charge in [0.15, 0.2) is 0 Å². The molecule has 0 saturated heterocycles. The van der Waals surface area contributed by atoms with Crippen molar-refractivity contribution < 1.29 is 31.2 Å². The highest BCUT2D eigenvalue weighted by Gasteiger charge is 2.37. The van der Waals surface area contributed by atoms with E-state index in [9.17, 15) is 31.5 Å². The monoisotopic (exact) mass is 518 g/mol. The fourth-order valence-electron chi connectivity index (χ4n) is 4.39. The second kappa shape index (κ2) is 9.02. The first kappa shape index (κ1) is 24.5. The summed E-state index contributed by atoms with van der Waals surface area (Å²) in [6.07, 6.45) is -6.42. The van der Waals surface area contributed by atoms with Crippen LogP contribution in [0.2, 0.25) is 0 Å². The van der Waals surface area contributed by atoms with Gasteiger partial charge in [-0.1, -0.05) is 29.8 Å². The molecule has 1 amide bonds. The number of amides is 1. The van der Waals surface area contributed by atoms with Crippen LogP contribution in [0.3, 0.4) is 0 Å². The van der Waals surface area contributed by atoms with Crippen molar-refractivity contribution in [2.75, 3.05) is 10.6 Å². The molecule has 2 aromatic heterocycles. The molecule has 3 heterocycles. The number of nitrogens with zero attached hydrogens (tertiary/aromatic N) is 2. The van der Waals surface area contributed by atoms with Gasteiger partial charge in [-0.2, -0.15) is 18.3 Å². The Morgan fingerprint density at radius 3 is 2.57 bits per heavy atom. The molecule has 1 aliphatic rings. The zero-order valence-corrected chi connectivity index (χ0v) is 19.1. The molecule has 192 valence electrons. The third kappa shape index (κ3) is 4.66. The molecule has 0 radical (unpaired) electrons. The summed E-state index contributed by atoms with van der Waals surface area (Å²) in [4.78, 5) is 24.6. The minimum atomic E-state index is -4.83. The second-order valence-corrected chi connectivity index (χ2v) is 8.74. The first-order chi connectivity index (χ1) is 17.5. The molecule has 1 aliphatic heterocycles. The third-order valence-corrected chi connectivity index (χ3v) is 6.22. The second-order valence-electron chi connectivity index (χ2n) is 8.74. The number of hydrogen-bond acceptors (Lipinski definition) is 5. The fourth-order valence-corrected chi connectivity index (χ4v) is 4.39. The van der Waals surface area contributed by atoms with Gasteiger partial charge in [0.25, 0.3) is 12.3 Å². The van der Waals surface area contributed by atoms with Crippen molar-refractivity contribution in [1.82, 2.24) is 9.78 Å². The summed E-state index contributed by atoms with van der Waals surface area (Å²) < 4.78 is 74.1. The number of aromatic nitrogens is 2. The number of fused-ring (bicyclic) bond motifs is 2. The van der Waals surface area contributed by atoms with Gasteiger partial charge in [0.05, 0.1) is 17.8 Å². The molecule has 0 unspecified atom stereocenters. The van der Waals surface area contributed by atoms with Crippen LogP contribution < -0.4 is 16.3 Å². The average Bonchev–Trinajstić information content (AvgIpc) is 3.27. The number of aryl methyl sites for hydroxylation is 1. The van der Waals surface area contributed by atoms with Crippen molar-refractivity contribution in [1.29, 1.82) is 0 Å². The van der Waals surface area contributed by atoms with Crippen molar-refractivity contribution >= 4 is 28.4 Å². The first-order valence-electron chi connectivity index (χ1n) is 11.2. The number of carbonyl (C=O) groups excluding carboxylic acids is 1. The zero-order chi connectivity index (χ0) is 26.5. The van der Waals surface area contributed by atoms with Crippen molar-refractivity contribution in [3.8, 4) is 0 Å². The molecule has 0 aliphatic carbocycles. The summed E-state index contributed by atoms with van der Waals surface area (Å²) in [5, 5.41) is 9.15. The maximum Gasteiger partial charge on any atom is 0.417 e. The Morgan fingerprint density at radius 1 is 1.16 bits per heavy atom. The largest absolute Gasteiger partial charge is 0.423 e. The van der Waals surface area contributed by atoms with E-state index in [2.05, 4.69) is 15.7 Å². The number of anilines is 2.